The predicted octanol–water partition coefficient (Wildman–Crippen LogP) is 1.95. The van der Waals surface area contributed by atoms with E-state index in [4.69, 9.17) is 14.4 Å². The molecule has 0 bridgehead atoms. The summed E-state index contributed by atoms with van der Waals surface area (Å²) in [5.41, 5.74) is 0. The van der Waals surface area contributed by atoms with Crippen LogP contribution in [0.3, 0.4) is 0 Å². The van der Waals surface area contributed by atoms with Crippen LogP contribution in [0.2, 0.25) is 0 Å². The Hall–Kier alpha value is 0.150. The van der Waals surface area contributed by atoms with Gasteiger partial charge >= 0.3 is 8.25 Å². The summed E-state index contributed by atoms with van der Waals surface area (Å²) in [6, 6.07) is 0. The van der Waals surface area contributed by atoms with Crippen molar-refractivity contribution in [2.45, 2.75) is 39.5 Å². The van der Waals surface area contributed by atoms with Gasteiger partial charge in [-0.2, -0.15) is 0 Å². The van der Waals surface area contributed by atoms with Crippen LogP contribution in [0.25, 0.3) is 0 Å². The summed E-state index contributed by atoms with van der Waals surface area (Å²) in [4.78, 5) is 14.3. The third-order valence-electron chi connectivity index (χ3n) is 0.957. The van der Waals surface area contributed by atoms with Gasteiger partial charge in [-0.1, -0.05) is 39.5 Å². The van der Waals surface area contributed by atoms with Crippen LogP contribution in [0.4, 0.5) is 0 Å². The van der Waals surface area contributed by atoms with Gasteiger partial charge in [0.15, 0.2) is 0 Å². The summed E-state index contributed by atoms with van der Waals surface area (Å²) < 4.78 is 8.74. The monoisotopic (exact) mass is 168 g/mol. The lowest BCUT2D eigenvalue weighted by molar-refractivity contribution is 0.405. The standard InChI is InChI=1S/C6H14.H3O3P/c1-3-5-6-4-2;1-4(2)3/h3-6H2,1-2H3;4H,(H2,1,2,3). The summed E-state index contributed by atoms with van der Waals surface area (Å²) in [5, 5.41) is 0. The molecule has 0 heterocycles. The van der Waals surface area contributed by atoms with Gasteiger partial charge in [-0.15, -0.1) is 0 Å². The number of hydrogen-bond acceptors (Lipinski definition) is 1. The Morgan fingerprint density at radius 3 is 1.40 bits per heavy atom. The van der Waals surface area contributed by atoms with E-state index >= 15 is 0 Å². The smallest absolute Gasteiger partial charge is 0.314 e. The maximum atomic E-state index is 8.74. The molecule has 0 spiro atoms. The van der Waals surface area contributed by atoms with Crippen LogP contribution >= 0.6 is 8.25 Å². The molecule has 10 heavy (non-hydrogen) atoms. The molecule has 0 aliphatic rings. The Balaban J connectivity index is 0. The SMILES string of the molecule is CCCCCC.O=[PH](O)O. The van der Waals surface area contributed by atoms with E-state index in [0.29, 0.717) is 0 Å². The summed E-state index contributed by atoms with van der Waals surface area (Å²) in [5.74, 6) is 0. The van der Waals surface area contributed by atoms with Gasteiger partial charge in [-0.05, 0) is 0 Å². The van der Waals surface area contributed by atoms with E-state index < -0.39 is 8.25 Å². The molecule has 0 aromatic heterocycles. The number of hydrogen-bond donors (Lipinski definition) is 2. The first-order valence-corrected chi connectivity index (χ1v) is 4.87. The molecular weight excluding hydrogens is 151 g/mol. The average molecular weight is 168 g/mol. The van der Waals surface area contributed by atoms with Crippen molar-refractivity contribution >= 4 is 8.25 Å². The molecule has 0 radical (unpaired) electrons. The van der Waals surface area contributed by atoms with Crippen LogP contribution in [0.5, 0.6) is 0 Å². The predicted molar refractivity (Wildman–Crippen MR) is 43.3 cm³/mol. The molecule has 0 fully saturated rings. The lowest BCUT2D eigenvalue weighted by Gasteiger charge is -1.86. The Bertz CT molecular complexity index is 67.4. The first kappa shape index (κ1) is 12.8. The van der Waals surface area contributed by atoms with E-state index in [0.717, 1.165) is 0 Å². The molecule has 64 valence electrons. The lowest BCUT2D eigenvalue weighted by atomic mass is 10.2. The van der Waals surface area contributed by atoms with Crippen molar-refractivity contribution in [1.29, 1.82) is 0 Å². The number of unbranched alkanes of at least 4 members (excludes halogenated alkanes) is 3. The second-order valence-corrected chi connectivity index (χ2v) is 2.55. The molecule has 0 aliphatic heterocycles. The topological polar surface area (TPSA) is 57.5 Å². The van der Waals surface area contributed by atoms with Crippen LogP contribution < -0.4 is 0 Å². The highest BCUT2D eigenvalue weighted by Crippen LogP contribution is 1.98. The minimum atomic E-state index is -3.13. The van der Waals surface area contributed by atoms with Gasteiger partial charge < -0.3 is 9.79 Å². The highest BCUT2D eigenvalue weighted by atomic mass is 31.1. The molecule has 0 unspecified atom stereocenters. The molecule has 0 rings (SSSR count). The van der Waals surface area contributed by atoms with Crippen LogP contribution in [0.1, 0.15) is 39.5 Å². The summed E-state index contributed by atoms with van der Waals surface area (Å²) in [7, 11) is -3.13. The Morgan fingerprint density at radius 1 is 1.10 bits per heavy atom. The van der Waals surface area contributed by atoms with Crippen molar-refractivity contribution in [3.05, 3.63) is 0 Å². The maximum absolute atomic E-state index is 8.74. The minimum absolute atomic E-state index is 1.36. The zero-order valence-electron chi connectivity index (χ0n) is 6.63. The normalized spacial score (nSPS) is 8.90. The van der Waals surface area contributed by atoms with Gasteiger partial charge in [0.25, 0.3) is 0 Å². The molecule has 4 heteroatoms. The van der Waals surface area contributed by atoms with Crippen molar-refractivity contribution in [3.8, 4) is 0 Å². The van der Waals surface area contributed by atoms with Gasteiger partial charge in [-0.3, -0.25) is 4.57 Å². The molecule has 3 nitrogen and oxygen atoms in total. The molecule has 0 aromatic carbocycles. The molecule has 0 atom stereocenters. The van der Waals surface area contributed by atoms with Gasteiger partial charge in [0, 0.05) is 0 Å². The van der Waals surface area contributed by atoms with Gasteiger partial charge in [0.2, 0.25) is 0 Å². The molecular formula is C6H17O3P. The third-order valence-corrected chi connectivity index (χ3v) is 0.957. The van der Waals surface area contributed by atoms with E-state index in [-0.39, 0.29) is 0 Å². The maximum Gasteiger partial charge on any atom is 0.314 e. The Kier molecular flexibility index (Phi) is 15.2. The van der Waals surface area contributed by atoms with Crippen LogP contribution in [0.15, 0.2) is 0 Å². The molecule has 0 amide bonds. The van der Waals surface area contributed by atoms with E-state index in [2.05, 4.69) is 13.8 Å². The largest absolute Gasteiger partial charge is 0.326 e. The van der Waals surface area contributed by atoms with Crippen molar-refractivity contribution < 1.29 is 14.4 Å². The minimum Gasteiger partial charge on any atom is -0.326 e. The lowest BCUT2D eigenvalue weighted by Crippen LogP contribution is -1.66. The summed E-state index contributed by atoms with van der Waals surface area (Å²) in [6.07, 6.45) is 5.54. The molecule has 0 saturated heterocycles. The summed E-state index contributed by atoms with van der Waals surface area (Å²) >= 11 is 0. The van der Waals surface area contributed by atoms with E-state index in [1.54, 1.807) is 0 Å². The summed E-state index contributed by atoms with van der Waals surface area (Å²) in [6.45, 7) is 4.46. The van der Waals surface area contributed by atoms with Crippen molar-refractivity contribution in [2.75, 3.05) is 0 Å². The molecule has 0 saturated carbocycles. The fourth-order valence-electron chi connectivity index (χ4n) is 0.500. The fraction of sp³-hybridized carbons (Fsp3) is 1.00. The first-order valence-electron chi connectivity index (χ1n) is 3.57. The fourth-order valence-corrected chi connectivity index (χ4v) is 0.500. The Labute approximate surface area is 63.0 Å². The third kappa shape index (κ3) is 42.0. The van der Waals surface area contributed by atoms with Crippen LogP contribution in [-0.4, -0.2) is 9.79 Å². The van der Waals surface area contributed by atoms with Gasteiger partial charge in [0.05, 0.1) is 0 Å². The van der Waals surface area contributed by atoms with Crippen molar-refractivity contribution in [2.24, 2.45) is 0 Å². The van der Waals surface area contributed by atoms with E-state index in [1.165, 1.54) is 25.7 Å². The molecule has 0 aliphatic carbocycles. The quantitative estimate of drug-likeness (QED) is 0.500. The molecule has 2 N–H and O–H groups in total. The van der Waals surface area contributed by atoms with Crippen LogP contribution in [0, 0.1) is 0 Å². The van der Waals surface area contributed by atoms with E-state index in [9.17, 15) is 0 Å². The van der Waals surface area contributed by atoms with Gasteiger partial charge in [-0.25, -0.2) is 0 Å². The second-order valence-electron chi connectivity index (χ2n) is 1.99. The second kappa shape index (κ2) is 11.9. The molecule has 0 aromatic rings. The highest BCUT2D eigenvalue weighted by Gasteiger charge is 1.75. The highest BCUT2D eigenvalue weighted by molar-refractivity contribution is 7.30. The number of rotatable bonds is 3. The van der Waals surface area contributed by atoms with Gasteiger partial charge in [0.1, 0.15) is 0 Å². The first-order chi connectivity index (χ1) is 4.65. The van der Waals surface area contributed by atoms with Crippen molar-refractivity contribution in [3.63, 3.8) is 0 Å². The zero-order chi connectivity index (χ0) is 8.41. The van der Waals surface area contributed by atoms with Crippen LogP contribution in [-0.2, 0) is 4.57 Å². The average Bonchev–Trinajstić information content (AvgIpc) is 1.82. The van der Waals surface area contributed by atoms with E-state index in [1.807, 2.05) is 0 Å². The van der Waals surface area contributed by atoms with Crippen molar-refractivity contribution in [1.82, 2.24) is 0 Å². The zero-order valence-corrected chi connectivity index (χ0v) is 7.63. The Morgan fingerprint density at radius 2 is 1.30 bits per heavy atom.